The van der Waals surface area contributed by atoms with E-state index >= 15 is 0 Å². The second-order valence-electron chi connectivity index (χ2n) is 4.68. The predicted octanol–water partition coefficient (Wildman–Crippen LogP) is 2.83. The SMILES string of the molecule is O=C(NCCCNc1ccccc1[N+](=O)[O-])c1ccccc1. The lowest BCUT2D eigenvalue weighted by Crippen LogP contribution is -2.25. The number of nitrogens with zero attached hydrogens (tertiary/aromatic N) is 1. The second kappa shape index (κ2) is 7.78. The van der Waals surface area contributed by atoms with Crippen LogP contribution in [-0.4, -0.2) is 23.9 Å². The Kier molecular flexibility index (Phi) is 5.48. The third kappa shape index (κ3) is 4.31. The molecule has 0 aromatic heterocycles. The van der Waals surface area contributed by atoms with Crippen LogP contribution in [0, 0.1) is 10.1 Å². The fraction of sp³-hybridized carbons (Fsp3) is 0.188. The zero-order chi connectivity index (χ0) is 15.8. The molecule has 114 valence electrons. The summed E-state index contributed by atoms with van der Waals surface area (Å²) in [5.41, 5.74) is 1.16. The maximum atomic E-state index is 11.8. The number of nitrogens with one attached hydrogen (secondary N) is 2. The van der Waals surface area contributed by atoms with Crippen molar-refractivity contribution in [2.45, 2.75) is 6.42 Å². The lowest BCUT2D eigenvalue weighted by Gasteiger charge is -2.08. The summed E-state index contributed by atoms with van der Waals surface area (Å²) in [6.45, 7) is 1.04. The molecule has 0 saturated heterocycles. The highest BCUT2D eigenvalue weighted by Gasteiger charge is 2.11. The highest BCUT2D eigenvalue weighted by molar-refractivity contribution is 5.94. The number of carbonyl (C=O) groups excluding carboxylic acids is 1. The Morgan fingerprint density at radius 2 is 1.68 bits per heavy atom. The first-order valence-corrected chi connectivity index (χ1v) is 6.99. The van der Waals surface area contributed by atoms with E-state index in [4.69, 9.17) is 0 Å². The number of hydrogen-bond acceptors (Lipinski definition) is 4. The molecule has 0 saturated carbocycles. The minimum atomic E-state index is -0.417. The van der Waals surface area contributed by atoms with Gasteiger partial charge in [-0.15, -0.1) is 0 Å². The standard InChI is InChI=1S/C16H17N3O3/c20-16(13-7-2-1-3-8-13)18-12-6-11-17-14-9-4-5-10-15(14)19(21)22/h1-5,7-10,17H,6,11-12H2,(H,18,20). The van der Waals surface area contributed by atoms with Crippen molar-refractivity contribution in [2.75, 3.05) is 18.4 Å². The molecule has 6 nitrogen and oxygen atoms in total. The highest BCUT2D eigenvalue weighted by atomic mass is 16.6. The number of amides is 1. The zero-order valence-corrected chi connectivity index (χ0v) is 12.0. The molecule has 0 aliphatic heterocycles. The van der Waals surface area contributed by atoms with Gasteiger partial charge in [-0.2, -0.15) is 0 Å². The maximum absolute atomic E-state index is 11.8. The molecule has 2 aromatic rings. The Bertz CT molecular complexity index is 644. The Hall–Kier alpha value is -2.89. The molecule has 2 N–H and O–H groups in total. The fourth-order valence-electron chi connectivity index (χ4n) is 1.99. The summed E-state index contributed by atoms with van der Waals surface area (Å²) >= 11 is 0. The van der Waals surface area contributed by atoms with Gasteiger partial charge in [-0.3, -0.25) is 14.9 Å². The van der Waals surface area contributed by atoms with Crippen molar-refractivity contribution in [3.05, 3.63) is 70.3 Å². The number of rotatable bonds is 7. The van der Waals surface area contributed by atoms with Crippen molar-refractivity contribution in [1.82, 2.24) is 5.32 Å². The molecular formula is C16H17N3O3. The Morgan fingerprint density at radius 3 is 2.41 bits per heavy atom. The Labute approximate surface area is 128 Å². The summed E-state index contributed by atoms with van der Waals surface area (Å²) in [6, 6.07) is 15.5. The minimum Gasteiger partial charge on any atom is -0.379 e. The third-order valence-corrected chi connectivity index (χ3v) is 3.09. The molecule has 0 unspecified atom stereocenters. The van der Waals surface area contributed by atoms with Crippen LogP contribution in [0.1, 0.15) is 16.8 Å². The van der Waals surface area contributed by atoms with Crippen LogP contribution < -0.4 is 10.6 Å². The number of anilines is 1. The first-order chi connectivity index (χ1) is 10.7. The average molecular weight is 299 g/mol. The van der Waals surface area contributed by atoms with Crippen LogP contribution in [0.4, 0.5) is 11.4 Å². The van der Waals surface area contributed by atoms with E-state index in [-0.39, 0.29) is 11.6 Å². The largest absolute Gasteiger partial charge is 0.379 e. The molecule has 0 aliphatic rings. The van der Waals surface area contributed by atoms with Crippen LogP contribution in [-0.2, 0) is 0 Å². The Balaban J connectivity index is 1.74. The normalized spacial score (nSPS) is 10.0. The van der Waals surface area contributed by atoms with Gasteiger partial charge in [0, 0.05) is 24.7 Å². The van der Waals surface area contributed by atoms with Gasteiger partial charge >= 0.3 is 0 Å². The van der Waals surface area contributed by atoms with Gasteiger partial charge in [0.05, 0.1) is 4.92 Å². The fourth-order valence-corrected chi connectivity index (χ4v) is 1.99. The molecule has 0 spiro atoms. The van der Waals surface area contributed by atoms with Crippen molar-refractivity contribution in [3.63, 3.8) is 0 Å². The van der Waals surface area contributed by atoms with E-state index in [2.05, 4.69) is 10.6 Å². The maximum Gasteiger partial charge on any atom is 0.292 e. The van der Waals surface area contributed by atoms with Gasteiger partial charge in [0.25, 0.3) is 11.6 Å². The number of nitro benzene ring substituents is 1. The Morgan fingerprint density at radius 1 is 1.00 bits per heavy atom. The minimum absolute atomic E-state index is 0.0517. The highest BCUT2D eigenvalue weighted by Crippen LogP contribution is 2.22. The molecule has 0 fully saturated rings. The van der Waals surface area contributed by atoms with E-state index in [9.17, 15) is 14.9 Å². The molecule has 0 aliphatic carbocycles. The van der Waals surface area contributed by atoms with Crippen LogP contribution in [0.25, 0.3) is 0 Å². The van der Waals surface area contributed by atoms with Crippen LogP contribution in [0.3, 0.4) is 0 Å². The number of nitro groups is 1. The van der Waals surface area contributed by atoms with Gasteiger partial charge in [0.2, 0.25) is 0 Å². The van der Waals surface area contributed by atoms with Gasteiger partial charge in [0.15, 0.2) is 0 Å². The first kappa shape index (κ1) is 15.5. The number of para-hydroxylation sites is 2. The zero-order valence-electron chi connectivity index (χ0n) is 12.0. The molecule has 22 heavy (non-hydrogen) atoms. The molecular weight excluding hydrogens is 282 g/mol. The van der Waals surface area contributed by atoms with E-state index in [1.807, 2.05) is 18.2 Å². The van der Waals surface area contributed by atoms with E-state index in [1.165, 1.54) is 6.07 Å². The summed E-state index contributed by atoms with van der Waals surface area (Å²) in [5.74, 6) is -0.119. The smallest absolute Gasteiger partial charge is 0.292 e. The van der Waals surface area contributed by atoms with Gasteiger partial charge < -0.3 is 10.6 Å². The lowest BCUT2D eigenvalue weighted by molar-refractivity contribution is -0.384. The topological polar surface area (TPSA) is 84.3 Å². The summed E-state index contributed by atoms with van der Waals surface area (Å²) in [5, 5.41) is 16.7. The molecule has 2 rings (SSSR count). The van der Waals surface area contributed by atoms with Crippen molar-refractivity contribution < 1.29 is 9.72 Å². The van der Waals surface area contributed by atoms with Crippen LogP contribution in [0.2, 0.25) is 0 Å². The third-order valence-electron chi connectivity index (χ3n) is 3.09. The van der Waals surface area contributed by atoms with Crippen molar-refractivity contribution >= 4 is 17.3 Å². The van der Waals surface area contributed by atoms with Gasteiger partial charge in [-0.1, -0.05) is 30.3 Å². The number of hydrogen-bond donors (Lipinski definition) is 2. The van der Waals surface area contributed by atoms with Crippen molar-refractivity contribution in [2.24, 2.45) is 0 Å². The van der Waals surface area contributed by atoms with Gasteiger partial charge in [-0.25, -0.2) is 0 Å². The molecule has 6 heteroatoms. The van der Waals surface area contributed by atoms with Crippen LogP contribution in [0.5, 0.6) is 0 Å². The number of benzene rings is 2. The van der Waals surface area contributed by atoms with Gasteiger partial charge in [-0.05, 0) is 24.6 Å². The second-order valence-corrected chi connectivity index (χ2v) is 4.68. The molecule has 0 heterocycles. The van der Waals surface area contributed by atoms with Gasteiger partial charge in [0.1, 0.15) is 5.69 Å². The van der Waals surface area contributed by atoms with Crippen molar-refractivity contribution in [1.29, 1.82) is 0 Å². The molecule has 2 aromatic carbocycles. The van der Waals surface area contributed by atoms with E-state index < -0.39 is 4.92 Å². The summed E-state index contributed by atoms with van der Waals surface area (Å²) < 4.78 is 0. The van der Waals surface area contributed by atoms with Crippen LogP contribution >= 0.6 is 0 Å². The quantitative estimate of drug-likeness (QED) is 0.468. The molecule has 0 radical (unpaired) electrons. The monoisotopic (exact) mass is 299 g/mol. The summed E-state index contributed by atoms with van der Waals surface area (Å²) in [7, 11) is 0. The van der Waals surface area contributed by atoms with Crippen LogP contribution in [0.15, 0.2) is 54.6 Å². The van der Waals surface area contributed by atoms with E-state index in [0.717, 1.165) is 0 Å². The summed E-state index contributed by atoms with van der Waals surface area (Å²) in [6.07, 6.45) is 0.671. The first-order valence-electron chi connectivity index (χ1n) is 6.99. The molecule has 1 amide bonds. The average Bonchev–Trinajstić information content (AvgIpc) is 2.55. The molecule has 0 atom stereocenters. The predicted molar refractivity (Wildman–Crippen MR) is 85.0 cm³/mol. The summed E-state index contributed by atoms with van der Waals surface area (Å²) in [4.78, 5) is 22.2. The van der Waals surface area contributed by atoms with E-state index in [0.29, 0.717) is 30.8 Å². The lowest BCUT2D eigenvalue weighted by atomic mass is 10.2. The molecule has 0 bridgehead atoms. The number of carbonyl (C=O) groups is 1. The van der Waals surface area contributed by atoms with Crippen molar-refractivity contribution in [3.8, 4) is 0 Å². The van der Waals surface area contributed by atoms with E-state index in [1.54, 1.807) is 30.3 Å².